The number of aromatic nitrogens is 1. The van der Waals surface area contributed by atoms with Gasteiger partial charge in [-0.05, 0) is 44.6 Å². The van der Waals surface area contributed by atoms with Crippen molar-refractivity contribution in [2.75, 3.05) is 0 Å². The molecule has 1 aromatic rings. The quantitative estimate of drug-likeness (QED) is 0.719. The monoisotopic (exact) mass is 318 g/mol. The third kappa shape index (κ3) is 5.09. The molecule has 0 spiro atoms. The number of rotatable bonds is 8. The van der Waals surface area contributed by atoms with Crippen LogP contribution in [-0.2, 0) is 4.79 Å². The number of ether oxygens (including phenoxy) is 1. The number of nitrogens with zero attached hydrogens (tertiary/aromatic N) is 1. The van der Waals surface area contributed by atoms with Gasteiger partial charge in [-0.2, -0.15) is 0 Å². The van der Waals surface area contributed by atoms with Crippen LogP contribution in [-0.4, -0.2) is 34.1 Å². The molecule has 1 aromatic heterocycles. The summed E-state index contributed by atoms with van der Waals surface area (Å²) in [7, 11) is 0. The van der Waals surface area contributed by atoms with Gasteiger partial charge in [-0.25, -0.2) is 9.78 Å². The number of carbonyl (C=O) groups is 2. The summed E-state index contributed by atoms with van der Waals surface area (Å²) in [6, 6.07) is 2.31. The Labute approximate surface area is 135 Å². The van der Waals surface area contributed by atoms with E-state index in [0.717, 1.165) is 12.8 Å². The van der Waals surface area contributed by atoms with Crippen molar-refractivity contribution in [3.63, 3.8) is 0 Å². The average molecular weight is 318 g/mol. The van der Waals surface area contributed by atoms with Crippen molar-refractivity contribution in [3.05, 3.63) is 36.5 Å². The molecule has 2 N–H and O–H groups in total. The molecule has 1 aliphatic rings. The van der Waals surface area contributed by atoms with Gasteiger partial charge < -0.3 is 15.2 Å². The summed E-state index contributed by atoms with van der Waals surface area (Å²) in [6.45, 7) is 3.55. The van der Waals surface area contributed by atoms with Gasteiger partial charge in [-0.1, -0.05) is 6.08 Å². The molecule has 124 valence electrons. The van der Waals surface area contributed by atoms with E-state index in [2.05, 4.69) is 16.9 Å². The van der Waals surface area contributed by atoms with E-state index in [1.807, 2.05) is 0 Å². The Morgan fingerprint density at radius 1 is 1.43 bits per heavy atom. The molecule has 0 saturated heterocycles. The van der Waals surface area contributed by atoms with Gasteiger partial charge in [0.2, 0.25) is 5.88 Å². The number of amides is 1. The van der Waals surface area contributed by atoms with Crippen molar-refractivity contribution in [1.29, 1.82) is 0 Å². The second-order valence-electron chi connectivity index (χ2n) is 5.64. The summed E-state index contributed by atoms with van der Waals surface area (Å²) < 4.78 is 5.73. The molecule has 23 heavy (non-hydrogen) atoms. The molecule has 6 heteroatoms. The molecule has 1 atom stereocenters. The zero-order valence-corrected chi connectivity index (χ0v) is 13.0. The molecule has 0 radical (unpaired) electrons. The number of carboxylic acid groups (broad SMARTS) is 1. The van der Waals surface area contributed by atoms with Gasteiger partial charge in [0.1, 0.15) is 12.1 Å². The highest BCUT2D eigenvalue weighted by Gasteiger charge is 2.20. The van der Waals surface area contributed by atoms with E-state index in [9.17, 15) is 9.59 Å². The topological polar surface area (TPSA) is 88.5 Å². The van der Waals surface area contributed by atoms with Gasteiger partial charge in [0.25, 0.3) is 5.91 Å². The van der Waals surface area contributed by atoms with Crippen molar-refractivity contribution in [1.82, 2.24) is 10.3 Å². The zero-order valence-electron chi connectivity index (χ0n) is 13.0. The highest BCUT2D eigenvalue weighted by molar-refractivity contribution is 5.96. The van der Waals surface area contributed by atoms with Crippen LogP contribution in [0, 0.1) is 0 Å². The van der Waals surface area contributed by atoms with Crippen molar-refractivity contribution in [2.24, 2.45) is 0 Å². The van der Waals surface area contributed by atoms with Crippen molar-refractivity contribution < 1.29 is 19.4 Å². The number of nitrogens with one attached hydrogen (secondary N) is 1. The summed E-state index contributed by atoms with van der Waals surface area (Å²) in [6.07, 6.45) is 8.48. The van der Waals surface area contributed by atoms with Gasteiger partial charge in [0, 0.05) is 12.3 Å². The van der Waals surface area contributed by atoms with Crippen molar-refractivity contribution >= 4 is 11.9 Å². The molecule has 1 amide bonds. The van der Waals surface area contributed by atoms with Crippen LogP contribution >= 0.6 is 0 Å². The molecule has 0 aromatic carbocycles. The number of hydrogen-bond donors (Lipinski definition) is 2. The van der Waals surface area contributed by atoms with E-state index in [4.69, 9.17) is 9.84 Å². The standard InChI is InChI=1S/C17H22N2O4/c1-2-3-8-14(17(21)22)19-16(20)12-9-10-15(18-11-12)23-13-6-4-5-7-13/h2,9-11,13-14H,1,3-8H2,(H,19,20)(H,21,22). The number of hydrogen-bond acceptors (Lipinski definition) is 4. The van der Waals surface area contributed by atoms with Crippen LogP contribution in [0.5, 0.6) is 5.88 Å². The third-order valence-electron chi connectivity index (χ3n) is 3.85. The van der Waals surface area contributed by atoms with Crippen LogP contribution in [0.2, 0.25) is 0 Å². The molecule has 0 aliphatic heterocycles. The molecule has 1 unspecified atom stereocenters. The van der Waals surface area contributed by atoms with E-state index < -0.39 is 17.9 Å². The van der Waals surface area contributed by atoms with Gasteiger partial charge in [0.15, 0.2) is 0 Å². The summed E-state index contributed by atoms with van der Waals surface area (Å²) in [5.74, 6) is -1.02. The van der Waals surface area contributed by atoms with Gasteiger partial charge >= 0.3 is 5.97 Å². The minimum atomic E-state index is -1.06. The van der Waals surface area contributed by atoms with Crippen LogP contribution in [0.1, 0.15) is 48.9 Å². The predicted molar refractivity (Wildman–Crippen MR) is 85.4 cm³/mol. The normalized spacial score (nSPS) is 15.8. The fraction of sp³-hybridized carbons (Fsp3) is 0.471. The number of carbonyl (C=O) groups excluding carboxylic acids is 1. The lowest BCUT2D eigenvalue weighted by Gasteiger charge is -2.14. The van der Waals surface area contributed by atoms with E-state index in [-0.39, 0.29) is 6.10 Å². The summed E-state index contributed by atoms with van der Waals surface area (Å²) >= 11 is 0. The van der Waals surface area contributed by atoms with Crippen LogP contribution in [0.25, 0.3) is 0 Å². The molecule has 6 nitrogen and oxygen atoms in total. The first kappa shape index (κ1) is 17.0. The first-order valence-corrected chi connectivity index (χ1v) is 7.87. The Bertz CT molecular complexity index is 550. The molecule has 1 heterocycles. The molecule has 0 bridgehead atoms. The van der Waals surface area contributed by atoms with Gasteiger partial charge in [-0.15, -0.1) is 6.58 Å². The number of pyridine rings is 1. The summed E-state index contributed by atoms with van der Waals surface area (Å²) in [5, 5.41) is 11.6. The van der Waals surface area contributed by atoms with Crippen LogP contribution in [0.15, 0.2) is 31.0 Å². The van der Waals surface area contributed by atoms with E-state index in [0.29, 0.717) is 24.3 Å². The lowest BCUT2D eigenvalue weighted by atomic mass is 10.1. The van der Waals surface area contributed by atoms with Gasteiger partial charge in [0.05, 0.1) is 5.56 Å². The van der Waals surface area contributed by atoms with Crippen LogP contribution in [0.4, 0.5) is 0 Å². The Morgan fingerprint density at radius 3 is 2.74 bits per heavy atom. The third-order valence-corrected chi connectivity index (χ3v) is 3.85. The maximum Gasteiger partial charge on any atom is 0.326 e. The highest BCUT2D eigenvalue weighted by atomic mass is 16.5. The van der Waals surface area contributed by atoms with Crippen LogP contribution < -0.4 is 10.1 Å². The fourth-order valence-electron chi connectivity index (χ4n) is 2.54. The Hall–Kier alpha value is -2.37. The highest BCUT2D eigenvalue weighted by Crippen LogP contribution is 2.22. The minimum absolute atomic E-state index is 0.206. The molecular formula is C17H22N2O4. The Balaban J connectivity index is 1.93. The molecule has 1 saturated carbocycles. The predicted octanol–water partition coefficient (Wildman–Crippen LogP) is 2.55. The van der Waals surface area contributed by atoms with Crippen molar-refractivity contribution in [3.8, 4) is 5.88 Å². The lowest BCUT2D eigenvalue weighted by molar-refractivity contribution is -0.139. The number of allylic oxidation sites excluding steroid dienone is 1. The maximum atomic E-state index is 12.1. The van der Waals surface area contributed by atoms with E-state index >= 15 is 0 Å². The number of carboxylic acids is 1. The van der Waals surface area contributed by atoms with E-state index in [1.54, 1.807) is 18.2 Å². The molecule has 1 aliphatic carbocycles. The Kier molecular flexibility index (Phi) is 6.14. The second kappa shape index (κ2) is 8.31. The molecule has 2 rings (SSSR count). The number of aliphatic carboxylic acids is 1. The zero-order chi connectivity index (χ0) is 16.7. The average Bonchev–Trinajstić information content (AvgIpc) is 3.04. The van der Waals surface area contributed by atoms with Gasteiger partial charge in [-0.3, -0.25) is 4.79 Å². The Morgan fingerprint density at radius 2 is 2.17 bits per heavy atom. The van der Waals surface area contributed by atoms with Crippen LogP contribution in [0.3, 0.4) is 0 Å². The largest absolute Gasteiger partial charge is 0.480 e. The second-order valence-corrected chi connectivity index (χ2v) is 5.64. The van der Waals surface area contributed by atoms with E-state index in [1.165, 1.54) is 19.0 Å². The minimum Gasteiger partial charge on any atom is -0.480 e. The smallest absolute Gasteiger partial charge is 0.326 e. The first-order valence-electron chi connectivity index (χ1n) is 7.87. The fourth-order valence-corrected chi connectivity index (χ4v) is 2.54. The molecular weight excluding hydrogens is 296 g/mol. The maximum absolute atomic E-state index is 12.1. The first-order chi connectivity index (χ1) is 11.1. The SMILES string of the molecule is C=CCCC(NC(=O)c1ccc(OC2CCCC2)nc1)C(=O)O. The van der Waals surface area contributed by atoms with Crippen molar-refractivity contribution in [2.45, 2.75) is 50.7 Å². The molecule has 1 fully saturated rings. The summed E-state index contributed by atoms with van der Waals surface area (Å²) in [4.78, 5) is 27.4. The summed E-state index contributed by atoms with van der Waals surface area (Å²) in [5.41, 5.74) is 0.314. The lowest BCUT2D eigenvalue weighted by Crippen LogP contribution is -2.40.